The van der Waals surface area contributed by atoms with E-state index >= 15 is 0 Å². The third-order valence-electron chi connectivity index (χ3n) is 15.9. The molecule has 2 N–H and O–H groups in total. The Balaban J connectivity index is 1.23. The van der Waals surface area contributed by atoms with E-state index in [-0.39, 0.29) is 16.8 Å². The molecule has 5 aliphatic carbocycles. The summed E-state index contributed by atoms with van der Waals surface area (Å²) in [6.07, 6.45) is 15.3. The Morgan fingerprint density at radius 2 is 1.62 bits per heavy atom. The number of hydrogen-bond donors (Lipinski definition) is 2. The van der Waals surface area contributed by atoms with Crippen molar-refractivity contribution in [1.29, 1.82) is 0 Å². The van der Waals surface area contributed by atoms with Crippen molar-refractivity contribution in [2.24, 2.45) is 56.7 Å². The summed E-state index contributed by atoms with van der Waals surface area (Å²) in [5.41, 5.74) is 5.05. The van der Waals surface area contributed by atoms with Crippen LogP contribution in [0.3, 0.4) is 0 Å². The Bertz CT molecular complexity index is 1520. The molecule has 0 saturated heterocycles. The molecule has 0 unspecified atom stereocenters. The van der Waals surface area contributed by atoms with Crippen LogP contribution in [0.5, 0.6) is 0 Å². The van der Waals surface area contributed by atoms with Gasteiger partial charge in [0.05, 0.1) is 5.56 Å². The van der Waals surface area contributed by atoms with E-state index in [1.807, 2.05) is 32.9 Å². The predicted molar refractivity (Wildman–Crippen MR) is 204 cm³/mol. The van der Waals surface area contributed by atoms with Gasteiger partial charge in [-0.1, -0.05) is 65.0 Å². The molecule has 0 radical (unpaired) electrons. The summed E-state index contributed by atoms with van der Waals surface area (Å²) in [6.45, 7) is 27.6. The molecule has 0 amide bonds. The summed E-state index contributed by atoms with van der Waals surface area (Å²) >= 11 is 0. The molecule has 1 aromatic rings. The molecular weight excluding hydrogens is 618 g/mol. The second kappa shape index (κ2) is 12.9. The quantitative estimate of drug-likeness (QED) is 0.154. The molecule has 276 valence electrons. The second-order valence-corrected chi connectivity index (χ2v) is 19.8. The first-order valence-corrected chi connectivity index (χ1v) is 19.9. The van der Waals surface area contributed by atoms with Gasteiger partial charge in [-0.15, -0.1) is 0 Å². The number of rotatable bonds is 9. The zero-order valence-electron chi connectivity index (χ0n) is 32.8. The fourth-order valence-electron chi connectivity index (χ4n) is 13.6. The van der Waals surface area contributed by atoms with E-state index in [1.165, 1.54) is 68.1 Å². The minimum absolute atomic E-state index is 0.0180. The maximum absolute atomic E-state index is 12.3. The highest BCUT2D eigenvalue weighted by molar-refractivity contribution is 5.88. The van der Waals surface area contributed by atoms with Gasteiger partial charge in [0.2, 0.25) is 0 Å². The van der Waals surface area contributed by atoms with Crippen molar-refractivity contribution in [3.63, 3.8) is 0 Å². The smallest absolute Gasteiger partial charge is 0.335 e. The highest BCUT2D eigenvalue weighted by Crippen LogP contribution is 2.77. The lowest BCUT2D eigenvalue weighted by molar-refractivity contribution is -0.225. The summed E-state index contributed by atoms with van der Waals surface area (Å²) in [5.74, 6) is 2.30. The van der Waals surface area contributed by atoms with E-state index in [9.17, 15) is 14.7 Å². The summed E-state index contributed by atoms with van der Waals surface area (Å²) < 4.78 is 5.56. The van der Waals surface area contributed by atoms with E-state index < -0.39 is 11.6 Å². The Hall–Kier alpha value is -2.40. The third kappa shape index (κ3) is 6.03. The molecule has 0 heterocycles. The van der Waals surface area contributed by atoms with Crippen LogP contribution in [0.4, 0.5) is 0 Å². The van der Waals surface area contributed by atoms with Crippen LogP contribution < -0.4 is 5.32 Å². The molecule has 5 heteroatoms. The number of ether oxygens (including phenoxy) is 1. The first kappa shape index (κ1) is 37.4. The molecule has 0 aromatic heterocycles. The lowest BCUT2D eigenvalue weighted by Gasteiger charge is -2.72. The number of hydrogen-bond acceptors (Lipinski definition) is 4. The molecule has 0 spiro atoms. The number of carboxylic acid groups (broad SMARTS) is 1. The van der Waals surface area contributed by atoms with Crippen LogP contribution in [0, 0.1) is 56.7 Å². The predicted octanol–water partition coefficient (Wildman–Crippen LogP) is 10.7. The SMILES string of the molecule is C=C(C)[C@@H]1CC[C@]2(CNCCCC(=O)OC(C)(C)C)CC[C@]3(C)[C@H](CC[C@@H]4[C@@]5(C)CC=C(c6ccc(C(=O)O)cc6)C(C)(C)[C@@H]5CC[C@]43C)[C@@H]12. The Kier molecular flexibility index (Phi) is 9.65. The maximum atomic E-state index is 12.3. The van der Waals surface area contributed by atoms with Crippen LogP contribution in [0.1, 0.15) is 149 Å². The van der Waals surface area contributed by atoms with Crippen molar-refractivity contribution in [2.75, 3.05) is 13.1 Å². The largest absolute Gasteiger partial charge is 0.478 e. The van der Waals surface area contributed by atoms with Gasteiger partial charge in [0.15, 0.2) is 0 Å². The molecule has 6 rings (SSSR count). The molecule has 4 saturated carbocycles. The number of carboxylic acids is 1. The van der Waals surface area contributed by atoms with E-state index in [0.717, 1.165) is 25.9 Å². The number of allylic oxidation sites excluding steroid dienone is 3. The number of nitrogens with one attached hydrogen (secondary N) is 1. The van der Waals surface area contributed by atoms with Crippen molar-refractivity contribution in [2.45, 2.75) is 139 Å². The number of esters is 1. The fourth-order valence-corrected chi connectivity index (χ4v) is 13.6. The van der Waals surface area contributed by atoms with Crippen molar-refractivity contribution in [3.8, 4) is 0 Å². The van der Waals surface area contributed by atoms with Crippen LogP contribution in [0.2, 0.25) is 0 Å². The molecule has 5 nitrogen and oxygen atoms in total. The van der Waals surface area contributed by atoms with Gasteiger partial charge < -0.3 is 15.2 Å². The first-order chi connectivity index (χ1) is 23.3. The van der Waals surface area contributed by atoms with Gasteiger partial charge in [0, 0.05) is 13.0 Å². The number of carbonyl (C=O) groups excluding carboxylic acids is 1. The highest BCUT2D eigenvalue weighted by Gasteiger charge is 2.70. The summed E-state index contributed by atoms with van der Waals surface area (Å²) in [4.78, 5) is 23.9. The number of aromatic carboxylic acids is 1. The summed E-state index contributed by atoms with van der Waals surface area (Å²) in [5, 5.41) is 13.4. The van der Waals surface area contributed by atoms with Gasteiger partial charge in [0.25, 0.3) is 0 Å². The zero-order chi connectivity index (χ0) is 36.5. The Morgan fingerprint density at radius 3 is 2.26 bits per heavy atom. The van der Waals surface area contributed by atoms with Crippen LogP contribution >= 0.6 is 0 Å². The minimum atomic E-state index is -0.865. The fraction of sp³-hybridized carbons (Fsp3) is 0.733. The molecule has 9 atom stereocenters. The van der Waals surface area contributed by atoms with Gasteiger partial charge in [-0.3, -0.25) is 4.79 Å². The molecule has 1 aromatic carbocycles. The van der Waals surface area contributed by atoms with Crippen molar-refractivity contribution in [1.82, 2.24) is 5.32 Å². The normalized spacial score (nSPS) is 38.9. The molecular formula is C45H67NO4. The van der Waals surface area contributed by atoms with E-state index in [1.54, 1.807) is 12.1 Å². The molecule has 50 heavy (non-hydrogen) atoms. The van der Waals surface area contributed by atoms with E-state index in [4.69, 9.17) is 4.74 Å². The van der Waals surface area contributed by atoms with Crippen molar-refractivity contribution in [3.05, 3.63) is 53.6 Å². The lowest BCUT2D eigenvalue weighted by Crippen LogP contribution is -2.65. The van der Waals surface area contributed by atoms with Crippen molar-refractivity contribution >= 4 is 17.5 Å². The topological polar surface area (TPSA) is 75.6 Å². The molecule has 0 aliphatic heterocycles. The third-order valence-corrected chi connectivity index (χ3v) is 15.9. The first-order valence-electron chi connectivity index (χ1n) is 19.9. The monoisotopic (exact) mass is 686 g/mol. The summed E-state index contributed by atoms with van der Waals surface area (Å²) in [6, 6.07) is 7.60. The average Bonchev–Trinajstić information content (AvgIpc) is 3.40. The number of fused-ring (bicyclic) bond motifs is 7. The molecule has 5 aliphatic rings. The Labute approximate surface area is 303 Å². The Morgan fingerprint density at radius 1 is 0.920 bits per heavy atom. The molecule has 4 fully saturated rings. The van der Waals surface area contributed by atoms with E-state index in [0.29, 0.717) is 57.8 Å². The van der Waals surface area contributed by atoms with Gasteiger partial charge >= 0.3 is 11.9 Å². The summed E-state index contributed by atoms with van der Waals surface area (Å²) in [7, 11) is 0. The van der Waals surface area contributed by atoms with Gasteiger partial charge in [-0.25, -0.2) is 4.79 Å². The van der Waals surface area contributed by atoms with Gasteiger partial charge in [-0.2, -0.15) is 0 Å². The number of benzene rings is 1. The molecule has 0 bridgehead atoms. The minimum Gasteiger partial charge on any atom is -0.478 e. The van der Waals surface area contributed by atoms with Crippen molar-refractivity contribution < 1.29 is 19.4 Å². The van der Waals surface area contributed by atoms with E-state index in [2.05, 4.69) is 59.5 Å². The lowest BCUT2D eigenvalue weighted by atomic mass is 9.32. The maximum Gasteiger partial charge on any atom is 0.335 e. The van der Waals surface area contributed by atoms with Crippen LogP contribution in [0.25, 0.3) is 5.57 Å². The number of carbonyl (C=O) groups is 2. The van der Waals surface area contributed by atoms with Gasteiger partial charge in [-0.05, 0) is 178 Å². The van der Waals surface area contributed by atoms with Crippen LogP contribution in [-0.2, 0) is 9.53 Å². The zero-order valence-corrected chi connectivity index (χ0v) is 32.8. The standard InChI is InChI=1S/C45H67NO4/c1-29(2)32-19-24-45(28-46-27-11-12-37(47)50-40(3,4)5)26-25-43(9)34(38(32)45)17-18-36-42(8)22-20-33(30-13-15-31(16-14-30)39(48)49)41(6,7)35(42)21-23-44(36,43)10/h13-16,20,32,34-36,38,46H,1,11-12,17-19,21-28H2,2-10H3,(H,48,49)/t32-,34+,35-,36+,38+,42-,43+,44+,45+/m0/s1. The second-order valence-electron chi connectivity index (χ2n) is 19.8. The van der Waals surface area contributed by atoms with Gasteiger partial charge in [0.1, 0.15) is 5.60 Å². The van der Waals surface area contributed by atoms with Crippen LogP contribution in [0.15, 0.2) is 42.5 Å². The van der Waals surface area contributed by atoms with Crippen LogP contribution in [-0.4, -0.2) is 35.7 Å². The highest BCUT2D eigenvalue weighted by atomic mass is 16.6. The average molecular weight is 686 g/mol.